The van der Waals surface area contributed by atoms with Gasteiger partial charge in [-0.3, -0.25) is 14.0 Å². The molecule has 0 bridgehead atoms. The third kappa shape index (κ3) is 8.09. The molecule has 27 heavy (non-hydrogen) atoms. The standard InChI is InChI=1S/C7H6F10O8S2/c8-4(9,10)2(26-25-24-18)6(14,15)22-1-23-7(16,17)3(5(11,12)13)27(19,20)21/h2-3,18H,1H2,(H,19,20,21). The van der Waals surface area contributed by atoms with Crippen LogP contribution >= 0.6 is 12.0 Å². The van der Waals surface area contributed by atoms with Crippen LogP contribution < -0.4 is 0 Å². The van der Waals surface area contributed by atoms with Gasteiger partial charge in [0.15, 0.2) is 6.79 Å². The van der Waals surface area contributed by atoms with E-state index in [0.717, 1.165) is 0 Å². The van der Waals surface area contributed by atoms with E-state index in [0.29, 0.717) is 0 Å². The van der Waals surface area contributed by atoms with Gasteiger partial charge >= 0.3 is 24.6 Å². The molecule has 0 saturated heterocycles. The molecule has 0 saturated carbocycles. The lowest BCUT2D eigenvalue weighted by Crippen LogP contribution is -2.52. The van der Waals surface area contributed by atoms with Crippen LogP contribution in [0.3, 0.4) is 0 Å². The summed E-state index contributed by atoms with van der Waals surface area (Å²) in [5.74, 6) is 0. The molecule has 0 aromatic heterocycles. The number of hydrogen-bond donors (Lipinski definition) is 2. The first-order valence-electron chi connectivity index (χ1n) is 5.53. The average molecular weight is 472 g/mol. The molecule has 164 valence electrons. The van der Waals surface area contributed by atoms with Crippen molar-refractivity contribution in [1.82, 2.24) is 0 Å². The van der Waals surface area contributed by atoms with Gasteiger partial charge in [-0.05, 0) is 0 Å². The molecule has 2 atom stereocenters. The van der Waals surface area contributed by atoms with E-state index in [9.17, 15) is 52.3 Å². The Kier molecular flexibility index (Phi) is 8.59. The molecule has 0 spiro atoms. The quantitative estimate of drug-likeness (QED) is 0.124. The minimum Gasteiger partial charge on any atom is -0.292 e. The highest BCUT2D eigenvalue weighted by atomic mass is 32.2. The summed E-state index contributed by atoms with van der Waals surface area (Å²) in [5, 5.41) is 1.26. The number of rotatable bonds is 10. The zero-order valence-electron chi connectivity index (χ0n) is 11.8. The van der Waals surface area contributed by atoms with Crippen molar-refractivity contribution in [2.75, 3.05) is 6.79 Å². The molecule has 0 aliphatic carbocycles. The summed E-state index contributed by atoms with van der Waals surface area (Å²) in [6.07, 6.45) is -23.7. The SMILES string of the molecule is O=S(=O)(O)C(C(F)(F)F)C(F)(F)OCOC(F)(F)C(SOOO)C(F)(F)F. The molecule has 8 nitrogen and oxygen atoms in total. The summed E-state index contributed by atoms with van der Waals surface area (Å²) in [5.41, 5.74) is 0. The first-order chi connectivity index (χ1) is 11.8. The zero-order chi connectivity index (χ0) is 21.9. The van der Waals surface area contributed by atoms with Crippen molar-refractivity contribution in [2.45, 2.75) is 35.1 Å². The predicted octanol–water partition coefficient (Wildman–Crippen LogP) is 2.98. The van der Waals surface area contributed by atoms with E-state index in [1.54, 1.807) is 0 Å². The zero-order valence-corrected chi connectivity index (χ0v) is 13.4. The van der Waals surface area contributed by atoms with Crippen LogP contribution in [0, 0.1) is 0 Å². The number of ether oxygens (including phenoxy) is 2. The highest BCUT2D eigenvalue weighted by Gasteiger charge is 2.65. The van der Waals surface area contributed by atoms with Gasteiger partial charge in [0, 0.05) is 0 Å². The Balaban J connectivity index is 5.29. The van der Waals surface area contributed by atoms with E-state index in [-0.39, 0.29) is 0 Å². The van der Waals surface area contributed by atoms with Crippen LogP contribution in [0.5, 0.6) is 0 Å². The summed E-state index contributed by atoms with van der Waals surface area (Å²) in [4.78, 5) is 0. The number of hydrogen-bond acceptors (Lipinski definition) is 8. The smallest absolute Gasteiger partial charge is 0.292 e. The van der Waals surface area contributed by atoms with Crippen molar-refractivity contribution in [3.8, 4) is 0 Å². The van der Waals surface area contributed by atoms with E-state index in [2.05, 4.69) is 18.8 Å². The molecule has 0 aromatic rings. The normalized spacial score (nSPS) is 17.0. The lowest BCUT2D eigenvalue weighted by atomic mass is 10.4. The minimum atomic E-state index is -6.59. The van der Waals surface area contributed by atoms with Gasteiger partial charge in [-0.25, -0.2) is 5.26 Å². The maximum absolute atomic E-state index is 13.3. The number of halogens is 10. The summed E-state index contributed by atoms with van der Waals surface area (Å²) in [7, 11) is -6.59. The molecule has 0 heterocycles. The van der Waals surface area contributed by atoms with Crippen molar-refractivity contribution < 1.29 is 81.0 Å². The fraction of sp³-hybridized carbons (Fsp3) is 1.00. The van der Waals surface area contributed by atoms with Crippen molar-refractivity contribution in [3.63, 3.8) is 0 Å². The second-order valence-electron chi connectivity index (χ2n) is 4.13. The van der Waals surface area contributed by atoms with Gasteiger partial charge < -0.3 is 0 Å². The van der Waals surface area contributed by atoms with E-state index < -0.39 is 64.0 Å². The first kappa shape index (κ1) is 26.4. The Morgan fingerprint density at radius 3 is 1.63 bits per heavy atom. The van der Waals surface area contributed by atoms with Gasteiger partial charge in [0.25, 0.3) is 15.4 Å². The maximum atomic E-state index is 13.3. The van der Waals surface area contributed by atoms with E-state index >= 15 is 0 Å². The van der Waals surface area contributed by atoms with Gasteiger partial charge in [0.1, 0.15) is 0 Å². The van der Waals surface area contributed by atoms with Crippen LogP contribution in [0.1, 0.15) is 0 Å². The third-order valence-corrected chi connectivity index (χ3v) is 4.18. The molecule has 0 fully saturated rings. The molecular weight excluding hydrogens is 466 g/mol. The summed E-state index contributed by atoms with van der Waals surface area (Å²) >= 11 is -1.32. The van der Waals surface area contributed by atoms with E-state index in [1.165, 1.54) is 0 Å². The fourth-order valence-corrected chi connectivity index (χ4v) is 2.38. The van der Waals surface area contributed by atoms with Gasteiger partial charge in [-0.15, -0.1) is 4.33 Å². The highest BCUT2D eigenvalue weighted by Crippen LogP contribution is 2.43. The Labute approximate surface area is 146 Å². The van der Waals surface area contributed by atoms with Gasteiger partial charge in [-0.1, -0.05) is 5.04 Å². The maximum Gasteiger partial charge on any atom is 0.416 e. The second-order valence-corrected chi connectivity index (χ2v) is 6.43. The van der Waals surface area contributed by atoms with Crippen LogP contribution in [0.15, 0.2) is 0 Å². The minimum absolute atomic E-state index is 1.32. The molecule has 0 amide bonds. The van der Waals surface area contributed by atoms with Gasteiger partial charge in [0.2, 0.25) is 5.25 Å². The largest absolute Gasteiger partial charge is 0.416 e. The Morgan fingerprint density at radius 1 is 0.852 bits per heavy atom. The van der Waals surface area contributed by atoms with Crippen molar-refractivity contribution >= 4 is 22.2 Å². The summed E-state index contributed by atoms with van der Waals surface area (Å²) in [6, 6.07) is 0. The van der Waals surface area contributed by atoms with E-state index in [1.807, 2.05) is 0 Å². The molecule has 0 aliphatic heterocycles. The van der Waals surface area contributed by atoms with Crippen LogP contribution in [0.25, 0.3) is 0 Å². The second kappa shape index (κ2) is 8.80. The topological polar surface area (TPSA) is 112 Å². The summed E-state index contributed by atoms with van der Waals surface area (Å²) in [6.45, 7) is -2.70. The molecule has 2 N–H and O–H groups in total. The molecule has 0 rings (SSSR count). The summed E-state index contributed by atoms with van der Waals surface area (Å²) < 4.78 is 165. The predicted molar refractivity (Wildman–Crippen MR) is 60.6 cm³/mol. The Bertz CT molecular complexity index is 575. The molecule has 2 unspecified atom stereocenters. The van der Waals surface area contributed by atoms with Crippen LogP contribution in [-0.4, -0.2) is 60.1 Å². The molecule has 0 aromatic carbocycles. The molecule has 0 radical (unpaired) electrons. The van der Waals surface area contributed by atoms with Crippen LogP contribution in [0.4, 0.5) is 43.9 Å². The van der Waals surface area contributed by atoms with E-state index in [4.69, 9.17) is 9.81 Å². The average Bonchev–Trinajstić information content (AvgIpc) is 2.31. The molecule has 20 heteroatoms. The van der Waals surface area contributed by atoms with Crippen molar-refractivity contribution in [2.24, 2.45) is 0 Å². The Morgan fingerprint density at radius 2 is 1.30 bits per heavy atom. The number of alkyl halides is 10. The molecular formula is C7H6F10O8S2. The van der Waals surface area contributed by atoms with Gasteiger partial charge in [0.05, 0.1) is 12.0 Å². The highest BCUT2D eigenvalue weighted by molar-refractivity contribution is 7.95. The Hall–Kier alpha value is -0.640. The van der Waals surface area contributed by atoms with Crippen LogP contribution in [0.2, 0.25) is 0 Å². The third-order valence-electron chi connectivity index (χ3n) is 2.17. The first-order valence-corrected chi connectivity index (χ1v) is 7.84. The lowest BCUT2D eigenvalue weighted by Gasteiger charge is -2.28. The lowest BCUT2D eigenvalue weighted by molar-refractivity contribution is -0.434. The monoisotopic (exact) mass is 472 g/mol. The van der Waals surface area contributed by atoms with Crippen molar-refractivity contribution in [1.29, 1.82) is 0 Å². The fourth-order valence-electron chi connectivity index (χ4n) is 1.23. The van der Waals surface area contributed by atoms with Gasteiger partial charge in [-0.2, -0.15) is 52.3 Å². The molecule has 0 aliphatic rings. The van der Waals surface area contributed by atoms with Crippen LogP contribution in [-0.2, 0) is 29.0 Å². The van der Waals surface area contributed by atoms with Crippen molar-refractivity contribution in [3.05, 3.63) is 0 Å².